The molecule has 5 heteroatoms. The summed E-state index contributed by atoms with van der Waals surface area (Å²) in [5.41, 5.74) is 0.458. The number of amides is 2. The average Bonchev–Trinajstić information content (AvgIpc) is 2.50. The van der Waals surface area contributed by atoms with Crippen molar-refractivity contribution < 1.29 is 9.59 Å². The number of aryl methyl sites for hydroxylation is 1. The van der Waals surface area contributed by atoms with Crippen molar-refractivity contribution in [1.82, 2.24) is 4.90 Å². The summed E-state index contributed by atoms with van der Waals surface area (Å²) in [7, 11) is 0. The molecule has 1 unspecified atom stereocenters. The molecule has 4 nitrogen and oxygen atoms in total. The van der Waals surface area contributed by atoms with Gasteiger partial charge in [-0.1, -0.05) is 24.6 Å². The van der Waals surface area contributed by atoms with Gasteiger partial charge in [-0.3, -0.25) is 9.59 Å². The monoisotopic (exact) mass is 336 g/mol. The van der Waals surface area contributed by atoms with Gasteiger partial charge >= 0.3 is 0 Å². The Kier molecular flexibility index (Phi) is 5.35. The smallest absolute Gasteiger partial charge is 0.239 e. The van der Waals surface area contributed by atoms with E-state index in [0.717, 1.165) is 31.5 Å². The molecule has 23 heavy (non-hydrogen) atoms. The first-order valence-electron chi connectivity index (χ1n) is 8.09. The van der Waals surface area contributed by atoms with Gasteiger partial charge in [0.15, 0.2) is 0 Å². The van der Waals surface area contributed by atoms with E-state index < -0.39 is 5.41 Å². The van der Waals surface area contributed by atoms with Crippen LogP contribution in [0.25, 0.3) is 0 Å². The van der Waals surface area contributed by atoms with Gasteiger partial charge in [0.1, 0.15) is 5.41 Å². The molecule has 0 bridgehead atoms. The fourth-order valence-corrected chi connectivity index (χ4v) is 3.05. The number of nitrogens with zero attached hydrogens (tertiary/aromatic N) is 1. The van der Waals surface area contributed by atoms with Crippen LogP contribution in [0.2, 0.25) is 5.02 Å². The molecule has 1 aliphatic heterocycles. The van der Waals surface area contributed by atoms with Gasteiger partial charge in [0.25, 0.3) is 0 Å². The van der Waals surface area contributed by atoms with Crippen LogP contribution >= 0.6 is 11.6 Å². The third kappa shape index (κ3) is 4.05. The molecule has 1 N–H and O–H groups in total. The summed E-state index contributed by atoms with van der Waals surface area (Å²) in [5.74, 6) is 0.0778. The number of anilines is 1. The molecule has 0 radical (unpaired) electrons. The van der Waals surface area contributed by atoms with Gasteiger partial charge < -0.3 is 10.2 Å². The number of carbonyl (C=O) groups is 2. The Hall–Kier alpha value is -1.55. The summed E-state index contributed by atoms with van der Waals surface area (Å²) in [4.78, 5) is 27.3. The molecular weight excluding hydrogens is 312 g/mol. The molecular formula is C18H25ClN2O2. The van der Waals surface area contributed by atoms with Crippen molar-refractivity contribution in [3.8, 4) is 0 Å². The van der Waals surface area contributed by atoms with Gasteiger partial charge in [0.05, 0.1) is 0 Å². The second-order valence-corrected chi connectivity index (χ2v) is 7.47. The molecule has 0 saturated carbocycles. The molecule has 2 rings (SSSR count). The van der Waals surface area contributed by atoms with Gasteiger partial charge in [-0.05, 0) is 57.2 Å². The van der Waals surface area contributed by atoms with Gasteiger partial charge in [0.2, 0.25) is 11.8 Å². The van der Waals surface area contributed by atoms with E-state index in [0.29, 0.717) is 16.6 Å². The lowest BCUT2D eigenvalue weighted by Crippen LogP contribution is -2.50. The molecule has 1 aromatic rings. The van der Waals surface area contributed by atoms with Crippen molar-refractivity contribution in [2.24, 2.45) is 11.3 Å². The Morgan fingerprint density at radius 3 is 2.70 bits per heavy atom. The van der Waals surface area contributed by atoms with Gasteiger partial charge in [-0.25, -0.2) is 0 Å². The van der Waals surface area contributed by atoms with Crippen molar-refractivity contribution in [1.29, 1.82) is 0 Å². The van der Waals surface area contributed by atoms with Crippen LogP contribution < -0.4 is 5.32 Å². The number of hydrogen-bond donors (Lipinski definition) is 1. The van der Waals surface area contributed by atoms with E-state index in [9.17, 15) is 9.59 Å². The predicted molar refractivity (Wildman–Crippen MR) is 93.6 cm³/mol. The molecule has 0 aromatic heterocycles. The number of likely N-dealkylation sites (tertiary alicyclic amines) is 1. The van der Waals surface area contributed by atoms with Gasteiger partial charge in [-0.2, -0.15) is 0 Å². The topological polar surface area (TPSA) is 49.4 Å². The molecule has 126 valence electrons. The zero-order valence-corrected chi connectivity index (χ0v) is 15.0. The van der Waals surface area contributed by atoms with E-state index in [-0.39, 0.29) is 11.8 Å². The van der Waals surface area contributed by atoms with Crippen molar-refractivity contribution in [2.45, 2.75) is 40.5 Å². The lowest BCUT2D eigenvalue weighted by Gasteiger charge is -2.36. The molecule has 1 fully saturated rings. The van der Waals surface area contributed by atoms with E-state index in [4.69, 9.17) is 11.6 Å². The van der Waals surface area contributed by atoms with E-state index in [1.165, 1.54) is 0 Å². The van der Waals surface area contributed by atoms with Crippen LogP contribution in [0.15, 0.2) is 18.2 Å². The summed E-state index contributed by atoms with van der Waals surface area (Å²) in [5, 5.41) is 3.41. The molecule has 1 aromatic carbocycles. The van der Waals surface area contributed by atoms with Crippen LogP contribution in [0, 0.1) is 18.3 Å². The molecule has 0 spiro atoms. The van der Waals surface area contributed by atoms with Crippen LogP contribution in [0.5, 0.6) is 0 Å². The van der Waals surface area contributed by atoms with Crippen LogP contribution in [0.3, 0.4) is 0 Å². The number of benzene rings is 1. The lowest BCUT2D eigenvalue weighted by atomic mass is 9.88. The Morgan fingerprint density at radius 2 is 2.04 bits per heavy atom. The highest BCUT2D eigenvalue weighted by atomic mass is 35.5. The first kappa shape index (κ1) is 17.8. The number of halogens is 1. The molecule has 2 amide bonds. The van der Waals surface area contributed by atoms with Gasteiger partial charge in [-0.15, -0.1) is 0 Å². The molecule has 1 heterocycles. The van der Waals surface area contributed by atoms with Crippen LogP contribution in [-0.4, -0.2) is 29.8 Å². The van der Waals surface area contributed by atoms with E-state index in [1.54, 1.807) is 26.0 Å². The number of hydrogen-bond acceptors (Lipinski definition) is 2. The zero-order chi connectivity index (χ0) is 17.2. The fraction of sp³-hybridized carbons (Fsp3) is 0.556. The second-order valence-electron chi connectivity index (χ2n) is 7.04. The Bertz CT molecular complexity index is 613. The largest absolute Gasteiger partial charge is 0.342 e. The number of nitrogens with one attached hydrogen (secondary N) is 1. The van der Waals surface area contributed by atoms with Crippen molar-refractivity contribution in [3.05, 3.63) is 28.8 Å². The lowest BCUT2D eigenvalue weighted by molar-refractivity contribution is -0.147. The average molecular weight is 337 g/mol. The minimum absolute atomic E-state index is 0.110. The van der Waals surface area contributed by atoms with Crippen LogP contribution in [-0.2, 0) is 9.59 Å². The highest BCUT2D eigenvalue weighted by Crippen LogP contribution is 2.27. The first-order chi connectivity index (χ1) is 10.7. The molecule has 1 saturated heterocycles. The summed E-state index contributed by atoms with van der Waals surface area (Å²) < 4.78 is 0. The minimum Gasteiger partial charge on any atom is -0.342 e. The Labute approximate surface area is 143 Å². The fourth-order valence-electron chi connectivity index (χ4n) is 2.87. The van der Waals surface area contributed by atoms with Gasteiger partial charge in [0, 0.05) is 23.8 Å². The summed E-state index contributed by atoms with van der Waals surface area (Å²) in [6.45, 7) is 8.87. The third-order valence-corrected chi connectivity index (χ3v) is 4.73. The molecule has 1 atom stereocenters. The number of carbonyl (C=O) groups excluding carboxylic acids is 2. The van der Waals surface area contributed by atoms with E-state index in [1.807, 2.05) is 17.9 Å². The quantitative estimate of drug-likeness (QED) is 0.852. The Morgan fingerprint density at radius 1 is 1.35 bits per heavy atom. The summed E-state index contributed by atoms with van der Waals surface area (Å²) in [6.07, 6.45) is 2.14. The zero-order valence-electron chi connectivity index (χ0n) is 14.3. The molecule has 0 aliphatic carbocycles. The highest BCUT2D eigenvalue weighted by molar-refractivity contribution is 6.31. The maximum atomic E-state index is 12.8. The number of piperidine rings is 1. The van der Waals surface area contributed by atoms with E-state index in [2.05, 4.69) is 12.2 Å². The normalized spacial score (nSPS) is 18.7. The van der Waals surface area contributed by atoms with Crippen LogP contribution in [0.4, 0.5) is 5.69 Å². The SMILES string of the molecule is Cc1ccc(Cl)cc1NC(=O)C(C)(C)C(=O)N1CCCC(C)C1. The van der Waals surface area contributed by atoms with Crippen molar-refractivity contribution in [3.63, 3.8) is 0 Å². The summed E-state index contributed by atoms with van der Waals surface area (Å²) in [6, 6.07) is 5.33. The highest BCUT2D eigenvalue weighted by Gasteiger charge is 2.40. The summed E-state index contributed by atoms with van der Waals surface area (Å²) >= 11 is 5.99. The standard InChI is InChI=1S/C18H25ClN2O2/c1-12-6-5-9-21(11-12)17(23)18(3,4)16(22)20-15-10-14(19)8-7-13(15)2/h7-8,10,12H,5-6,9,11H2,1-4H3,(H,20,22). The van der Waals surface area contributed by atoms with E-state index >= 15 is 0 Å². The molecule has 1 aliphatic rings. The predicted octanol–water partition coefficient (Wildman–Crippen LogP) is 3.87. The maximum absolute atomic E-state index is 12.8. The van der Waals surface area contributed by atoms with Crippen molar-refractivity contribution in [2.75, 3.05) is 18.4 Å². The Balaban J connectivity index is 2.12. The maximum Gasteiger partial charge on any atom is 0.239 e. The van der Waals surface area contributed by atoms with Crippen molar-refractivity contribution >= 4 is 29.1 Å². The first-order valence-corrected chi connectivity index (χ1v) is 8.46. The second kappa shape index (κ2) is 6.91. The minimum atomic E-state index is -1.11. The number of rotatable bonds is 3. The third-order valence-electron chi connectivity index (χ3n) is 4.49. The van der Waals surface area contributed by atoms with Crippen LogP contribution in [0.1, 0.15) is 39.2 Å².